The zero-order valence-corrected chi connectivity index (χ0v) is 16.4. The summed E-state index contributed by atoms with van der Waals surface area (Å²) in [6, 6.07) is 15.0. The third-order valence-corrected chi connectivity index (χ3v) is 6.53. The second-order valence-corrected chi connectivity index (χ2v) is 8.59. The second kappa shape index (κ2) is 8.32. The first kappa shape index (κ1) is 19.7. The number of benzene rings is 2. The summed E-state index contributed by atoms with van der Waals surface area (Å²) in [6.45, 7) is 1.67. The van der Waals surface area contributed by atoms with Crippen molar-refractivity contribution in [2.75, 3.05) is 4.72 Å². The van der Waals surface area contributed by atoms with Crippen molar-refractivity contribution < 1.29 is 17.6 Å². The third-order valence-electron chi connectivity index (χ3n) is 3.76. The Labute approximate surface area is 165 Å². The van der Waals surface area contributed by atoms with E-state index in [4.69, 9.17) is 0 Å². The van der Waals surface area contributed by atoms with Crippen molar-refractivity contribution in [3.63, 3.8) is 0 Å². The second-order valence-electron chi connectivity index (χ2n) is 5.73. The molecular weight excluding hydrogens is 401 g/mol. The SMILES string of the molecule is C/C(=N\NC(=O)c1ccccc1NS(=O)(=O)c1cccs1)c1ccc(F)cc1. The lowest BCUT2D eigenvalue weighted by Gasteiger charge is -2.11. The number of carbonyl (C=O) groups excluding carboxylic acids is 1. The monoisotopic (exact) mass is 417 g/mol. The third kappa shape index (κ3) is 4.62. The minimum absolute atomic E-state index is 0.123. The number of nitrogens with zero attached hydrogens (tertiary/aromatic N) is 1. The predicted molar refractivity (Wildman–Crippen MR) is 108 cm³/mol. The summed E-state index contributed by atoms with van der Waals surface area (Å²) < 4.78 is 40.4. The van der Waals surface area contributed by atoms with E-state index >= 15 is 0 Å². The minimum Gasteiger partial charge on any atom is -0.278 e. The van der Waals surface area contributed by atoms with Gasteiger partial charge < -0.3 is 0 Å². The Morgan fingerprint density at radius 3 is 2.43 bits per heavy atom. The summed E-state index contributed by atoms with van der Waals surface area (Å²) in [4.78, 5) is 12.5. The highest BCUT2D eigenvalue weighted by molar-refractivity contribution is 7.94. The molecule has 0 bridgehead atoms. The van der Waals surface area contributed by atoms with Crippen LogP contribution in [0, 0.1) is 5.82 Å². The van der Waals surface area contributed by atoms with Crippen molar-refractivity contribution in [3.8, 4) is 0 Å². The molecule has 3 rings (SSSR count). The quantitative estimate of drug-likeness (QED) is 0.472. The molecule has 0 saturated carbocycles. The van der Waals surface area contributed by atoms with Crippen LogP contribution in [0.3, 0.4) is 0 Å². The topological polar surface area (TPSA) is 87.6 Å². The normalized spacial score (nSPS) is 11.9. The molecule has 0 saturated heterocycles. The summed E-state index contributed by atoms with van der Waals surface area (Å²) in [5.74, 6) is -0.946. The number of nitrogens with one attached hydrogen (secondary N) is 2. The lowest BCUT2D eigenvalue weighted by atomic mass is 10.1. The van der Waals surface area contributed by atoms with E-state index in [2.05, 4.69) is 15.2 Å². The molecule has 6 nitrogen and oxygen atoms in total. The van der Waals surface area contributed by atoms with E-state index in [-0.39, 0.29) is 21.3 Å². The maximum absolute atomic E-state index is 13.0. The molecule has 144 valence electrons. The number of thiophene rings is 1. The zero-order chi connectivity index (χ0) is 20.1. The van der Waals surface area contributed by atoms with Crippen molar-refractivity contribution in [2.45, 2.75) is 11.1 Å². The number of hydrogen-bond donors (Lipinski definition) is 2. The number of sulfonamides is 1. The van der Waals surface area contributed by atoms with Gasteiger partial charge >= 0.3 is 0 Å². The fourth-order valence-corrected chi connectivity index (χ4v) is 4.40. The van der Waals surface area contributed by atoms with Crippen LogP contribution in [0.2, 0.25) is 0 Å². The van der Waals surface area contributed by atoms with Gasteiger partial charge in [0.25, 0.3) is 15.9 Å². The van der Waals surface area contributed by atoms with Gasteiger partial charge in [0.1, 0.15) is 10.0 Å². The summed E-state index contributed by atoms with van der Waals surface area (Å²) >= 11 is 1.08. The molecule has 0 aliphatic carbocycles. The van der Waals surface area contributed by atoms with E-state index in [0.717, 1.165) is 11.3 Å². The van der Waals surface area contributed by atoms with Crippen molar-refractivity contribution in [1.29, 1.82) is 0 Å². The molecule has 0 atom stereocenters. The molecule has 2 N–H and O–H groups in total. The Morgan fingerprint density at radius 2 is 1.75 bits per heavy atom. The number of amides is 1. The highest BCUT2D eigenvalue weighted by Gasteiger charge is 2.19. The van der Waals surface area contributed by atoms with Crippen molar-refractivity contribution in [2.24, 2.45) is 5.10 Å². The highest BCUT2D eigenvalue weighted by atomic mass is 32.2. The molecule has 9 heteroatoms. The molecule has 28 heavy (non-hydrogen) atoms. The lowest BCUT2D eigenvalue weighted by Crippen LogP contribution is -2.22. The van der Waals surface area contributed by atoms with E-state index in [0.29, 0.717) is 11.3 Å². The van der Waals surface area contributed by atoms with Crippen LogP contribution in [-0.2, 0) is 10.0 Å². The number of hydrogen-bond acceptors (Lipinski definition) is 5. The summed E-state index contributed by atoms with van der Waals surface area (Å²) in [6.07, 6.45) is 0. The Morgan fingerprint density at radius 1 is 1.04 bits per heavy atom. The summed E-state index contributed by atoms with van der Waals surface area (Å²) in [5, 5.41) is 5.66. The average molecular weight is 417 g/mol. The zero-order valence-electron chi connectivity index (χ0n) is 14.7. The van der Waals surface area contributed by atoms with E-state index in [9.17, 15) is 17.6 Å². The molecule has 0 aliphatic heterocycles. The largest absolute Gasteiger partial charge is 0.278 e. The fourth-order valence-electron chi connectivity index (χ4n) is 2.33. The van der Waals surface area contributed by atoms with Gasteiger partial charge in [0.05, 0.1) is 17.0 Å². The van der Waals surface area contributed by atoms with Crippen LogP contribution in [0.15, 0.2) is 75.4 Å². The standard InChI is InChI=1S/C19H16FN3O3S2/c1-13(14-8-10-15(20)11-9-14)21-22-19(24)16-5-2-3-6-17(16)23-28(25,26)18-7-4-12-27-18/h2-12,23H,1H3,(H,22,24)/b21-13+. The van der Waals surface area contributed by atoms with E-state index < -0.39 is 15.9 Å². The van der Waals surface area contributed by atoms with Crippen molar-refractivity contribution >= 4 is 38.7 Å². The van der Waals surface area contributed by atoms with Crippen LogP contribution < -0.4 is 10.1 Å². The lowest BCUT2D eigenvalue weighted by molar-refractivity contribution is 0.0955. The summed E-state index contributed by atoms with van der Waals surface area (Å²) in [5.41, 5.74) is 3.78. The molecule has 2 aromatic carbocycles. The Bertz CT molecular complexity index is 1110. The van der Waals surface area contributed by atoms with Gasteiger partial charge in [-0.1, -0.05) is 30.3 Å². The number of anilines is 1. The van der Waals surface area contributed by atoms with Crippen LogP contribution in [-0.4, -0.2) is 20.0 Å². The van der Waals surface area contributed by atoms with Gasteiger partial charge in [-0.15, -0.1) is 11.3 Å². The molecule has 3 aromatic rings. The van der Waals surface area contributed by atoms with Crippen molar-refractivity contribution in [1.82, 2.24) is 5.43 Å². The minimum atomic E-state index is -3.79. The van der Waals surface area contributed by atoms with Crippen LogP contribution in [0.1, 0.15) is 22.8 Å². The van der Waals surface area contributed by atoms with Crippen LogP contribution >= 0.6 is 11.3 Å². The van der Waals surface area contributed by atoms with Gasteiger partial charge in [0.15, 0.2) is 0 Å². The maximum atomic E-state index is 13.0. The molecule has 0 unspecified atom stereocenters. The molecule has 0 radical (unpaired) electrons. The van der Waals surface area contributed by atoms with E-state index in [1.807, 2.05) is 0 Å². The van der Waals surface area contributed by atoms with Gasteiger partial charge in [-0.05, 0) is 48.2 Å². The number of carbonyl (C=O) groups is 1. The molecular formula is C19H16FN3O3S2. The van der Waals surface area contributed by atoms with Gasteiger partial charge in [-0.25, -0.2) is 18.2 Å². The van der Waals surface area contributed by atoms with Gasteiger partial charge in [-0.3, -0.25) is 9.52 Å². The van der Waals surface area contributed by atoms with E-state index in [1.165, 1.54) is 30.3 Å². The molecule has 1 aromatic heterocycles. The Kier molecular flexibility index (Phi) is 5.86. The maximum Gasteiger partial charge on any atom is 0.273 e. The Hall–Kier alpha value is -3.04. The van der Waals surface area contributed by atoms with E-state index in [1.54, 1.807) is 42.6 Å². The summed E-state index contributed by atoms with van der Waals surface area (Å²) in [7, 11) is -3.79. The predicted octanol–water partition coefficient (Wildman–Crippen LogP) is 3.84. The molecule has 0 spiro atoms. The smallest absolute Gasteiger partial charge is 0.273 e. The number of halogens is 1. The van der Waals surface area contributed by atoms with Gasteiger partial charge in [-0.2, -0.15) is 5.10 Å². The van der Waals surface area contributed by atoms with Crippen LogP contribution in [0.25, 0.3) is 0 Å². The van der Waals surface area contributed by atoms with Crippen LogP contribution in [0.4, 0.5) is 10.1 Å². The Balaban J connectivity index is 1.79. The number of hydrazone groups is 1. The molecule has 1 amide bonds. The first-order chi connectivity index (χ1) is 13.4. The fraction of sp³-hybridized carbons (Fsp3) is 0.0526. The number of para-hydroxylation sites is 1. The van der Waals surface area contributed by atoms with Crippen LogP contribution in [0.5, 0.6) is 0 Å². The average Bonchev–Trinajstić information content (AvgIpc) is 3.22. The van der Waals surface area contributed by atoms with Gasteiger partial charge in [0, 0.05) is 0 Å². The number of rotatable bonds is 6. The van der Waals surface area contributed by atoms with Gasteiger partial charge in [0.2, 0.25) is 0 Å². The molecule has 0 aliphatic rings. The first-order valence-electron chi connectivity index (χ1n) is 8.13. The molecule has 0 fully saturated rings. The first-order valence-corrected chi connectivity index (χ1v) is 10.5. The van der Waals surface area contributed by atoms with Crippen molar-refractivity contribution in [3.05, 3.63) is 83.0 Å². The highest BCUT2D eigenvalue weighted by Crippen LogP contribution is 2.22. The molecule has 1 heterocycles.